The zero-order valence-corrected chi connectivity index (χ0v) is 27.9. The van der Waals surface area contributed by atoms with E-state index in [0.717, 1.165) is 31.4 Å². The van der Waals surface area contributed by atoms with Crippen molar-refractivity contribution in [2.24, 2.45) is 0 Å². The third-order valence-electron chi connectivity index (χ3n) is 8.83. The standard InChI is InChI=1S/C34H41ClNO.C2H6.CH4O/c1-22-12-16-28-26(20-22)33(3,4)30(36(28)7)18-14-24-10-9-11-25(32(24)35)15-19-31-34(5,6)27-21-23(2)13-17-29(27)37(31)8;2*1-2/h12-21,31H,9-11H2,1-8H3;1-2H3;2H,1H3/q+1;;/b19-15+,24-14+,30-18-;;. The molecule has 2 aromatic rings. The van der Waals surface area contributed by atoms with E-state index >= 15 is 0 Å². The number of aliphatic hydroxyl groups is 1. The molecule has 1 atom stereocenters. The Balaban J connectivity index is 0.00000111. The molecule has 1 unspecified atom stereocenters. The number of anilines is 1. The third kappa shape index (κ3) is 6.08. The molecule has 2 aromatic carbocycles. The van der Waals surface area contributed by atoms with E-state index in [1.807, 2.05) is 13.8 Å². The highest BCUT2D eigenvalue weighted by molar-refractivity contribution is 6.32. The Bertz CT molecular complexity index is 1380. The normalized spacial score (nSPS) is 22.4. The van der Waals surface area contributed by atoms with Crippen molar-refractivity contribution in [2.45, 2.75) is 91.6 Å². The first-order valence-electron chi connectivity index (χ1n) is 15.0. The predicted molar refractivity (Wildman–Crippen MR) is 179 cm³/mol. The molecule has 0 saturated heterocycles. The highest BCUT2D eigenvalue weighted by Crippen LogP contribution is 2.51. The van der Waals surface area contributed by atoms with Crippen LogP contribution in [0.1, 0.15) is 83.1 Å². The van der Waals surface area contributed by atoms with Crippen LogP contribution in [0.5, 0.6) is 5.75 Å². The van der Waals surface area contributed by atoms with E-state index < -0.39 is 0 Å². The van der Waals surface area contributed by atoms with Crippen molar-refractivity contribution in [1.29, 1.82) is 0 Å². The second-order valence-electron chi connectivity index (χ2n) is 12.2. The maximum absolute atomic E-state index is 7.05. The minimum Gasteiger partial charge on any atom is -0.568 e. The summed E-state index contributed by atoms with van der Waals surface area (Å²) < 4.78 is 3.37. The number of benzene rings is 2. The second-order valence-corrected chi connectivity index (χ2v) is 12.6. The molecule has 0 amide bonds. The molecule has 0 fully saturated rings. The first-order valence-corrected chi connectivity index (χ1v) is 15.3. The van der Waals surface area contributed by atoms with Gasteiger partial charge in [0.2, 0.25) is 6.10 Å². The molecule has 2 heterocycles. The Morgan fingerprint density at radius 1 is 0.927 bits per heavy atom. The molecule has 1 N–H and O–H groups in total. The van der Waals surface area contributed by atoms with Crippen LogP contribution in [0.2, 0.25) is 0 Å². The highest BCUT2D eigenvalue weighted by Gasteiger charge is 2.48. The maximum atomic E-state index is 7.05. The van der Waals surface area contributed by atoms with Crippen LogP contribution in [0.4, 0.5) is 5.69 Å². The number of aliphatic hydroxyl groups excluding tert-OH is 1. The van der Waals surface area contributed by atoms with E-state index in [0.29, 0.717) is 0 Å². The van der Waals surface area contributed by atoms with Crippen molar-refractivity contribution < 1.29 is 9.47 Å². The number of likely N-dealkylation sites (N-methyl/N-ethyl adjacent to an activating group) is 1. The van der Waals surface area contributed by atoms with Crippen molar-refractivity contribution >= 4 is 17.3 Å². The Labute approximate surface area is 254 Å². The van der Waals surface area contributed by atoms with E-state index in [2.05, 4.69) is 126 Å². The molecular formula is C37H51ClNO2+. The van der Waals surface area contributed by atoms with Crippen LogP contribution >= 0.6 is 11.6 Å². The van der Waals surface area contributed by atoms with Gasteiger partial charge in [-0.15, -0.1) is 0 Å². The average molecular weight is 577 g/mol. The quantitative estimate of drug-likeness (QED) is 0.368. The lowest BCUT2D eigenvalue weighted by Gasteiger charge is -2.27. The van der Waals surface area contributed by atoms with Gasteiger partial charge in [-0.1, -0.05) is 80.8 Å². The molecule has 0 spiro atoms. The smallest absolute Gasteiger partial charge is 0.259 e. The Morgan fingerprint density at radius 3 is 2.20 bits per heavy atom. The predicted octanol–water partition coefficient (Wildman–Crippen LogP) is 9.96. The summed E-state index contributed by atoms with van der Waals surface area (Å²) in [5, 5.41) is 7.92. The fraction of sp³-hybridized carbons (Fsp3) is 0.459. The van der Waals surface area contributed by atoms with E-state index in [9.17, 15) is 0 Å². The summed E-state index contributed by atoms with van der Waals surface area (Å²) in [6.07, 6.45) is 12.6. The van der Waals surface area contributed by atoms with Crippen molar-refractivity contribution in [3.05, 3.63) is 105 Å². The maximum Gasteiger partial charge on any atom is 0.259 e. The van der Waals surface area contributed by atoms with Crippen LogP contribution < -0.4 is 4.90 Å². The Morgan fingerprint density at radius 2 is 1.54 bits per heavy atom. The molecule has 0 radical (unpaired) electrons. The lowest BCUT2D eigenvalue weighted by Crippen LogP contribution is -2.31. The minimum absolute atomic E-state index is 0.00800. The van der Waals surface area contributed by atoms with Crippen molar-refractivity contribution in [3.63, 3.8) is 0 Å². The molecule has 3 aliphatic rings. The van der Waals surface area contributed by atoms with Gasteiger partial charge in [0.1, 0.15) is 0 Å². The van der Waals surface area contributed by atoms with Crippen LogP contribution in [-0.2, 0) is 15.2 Å². The van der Waals surface area contributed by atoms with Crippen LogP contribution in [0, 0.1) is 13.8 Å². The van der Waals surface area contributed by atoms with E-state index in [4.69, 9.17) is 16.7 Å². The molecule has 2 aliphatic heterocycles. The summed E-state index contributed by atoms with van der Waals surface area (Å²) in [6, 6.07) is 13.5. The fourth-order valence-electron chi connectivity index (χ4n) is 6.56. The van der Waals surface area contributed by atoms with E-state index in [-0.39, 0.29) is 16.9 Å². The van der Waals surface area contributed by atoms with Crippen LogP contribution in [0.25, 0.3) is 0 Å². The van der Waals surface area contributed by atoms with Gasteiger partial charge in [-0.25, -0.2) is 0 Å². The number of rotatable bonds is 3. The molecule has 222 valence electrons. The first-order chi connectivity index (χ1) is 19.4. The molecule has 41 heavy (non-hydrogen) atoms. The molecule has 4 heteroatoms. The topological polar surface area (TPSA) is 26.2 Å². The lowest BCUT2D eigenvalue weighted by molar-refractivity contribution is -0.0541. The van der Waals surface area contributed by atoms with Gasteiger partial charge in [-0.2, -0.15) is 0 Å². The van der Waals surface area contributed by atoms with Crippen LogP contribution in [0.3, 0.4) is 0 Å². The average Bonchev–Trinajstić information content (AvgIpc) is 3.26. The number of halogens is 1. The molecule has 0 aromatic heterocycles. The lowest BCUT2D eigenvalue weighted by atomic mass is 9.80. The van der Waals surface area contributed by atoms with Crippen LogP contribution in [0.15, 0.2) is 82.6 Å². The summed E-state index contributed by atoms with van der Waals surface area (Å²) in [5.74, 6) is 1.25. The number of fused-ring (bicyclic) bond motifs is 2. The minimum atomic E-state index is -0.0377. The Kier molecular flexibility index (Phi) is 10.4. The number of hydrogen-bond acceptors (Lipinski definition) is 2. The van der Waals surface area contributed by atoms with Gasteiger partial charge in [-0.3, -0.25) is 0 Å². The van der Waals surface area contributed by atoms with Gasteiger partial charge >= 0.3 is 0 Å². The number of nitrogens with zero attached hydrogens (tertiary/aromatic N) is 1. The summed E-state index contributed by atoms with van der Waals surface area (Å²) in [5.41, 5.74) is 10.5. The van der Waals surface area contributed by atoms with Gasteiger partial charge in [0.15, 0.2) is 7.11 Å². The van der Waals surface area contributed by atoms with Gasteiger partial charge in [0.05, 0.1) is 11.0 Å². The molecule has 5 rings (SSSR count). The van der Waals surface area contributed by atoms with Gasteiger partial charge in [0.25, 0.3) is 5.75 Å². The largest absolute Gasteiger partial charge is 0.568 e. The number of allylic oxidation sites excluding steroid dienone is 7. The van der Waals surface area contributed by atoms with E-state index in [1.54, 1.807) is 0 Å². The highest BCUT2D eigenvalue weighted by atomic mass is 35.5. The zero-order chi connectivity index (χ0) is 30.7. The number of hydrogen-bond donors (Lipinski definition) is 1. The molecular weight excluding hydrogens is 526 g/mol. The molecule has 0 bridgehead atoms. The molecule has 0 saturated carbocycles. The monoisotopic (exact) mass is 576 g/mol. The van der Waals surface area contributed by atoms with Gasteiger partial charge in [-0.05, 0) is 81.9 Å². The van der Waals surface area contributed by atoms with Crippen molar-refractivity contribution in [2.75, 3.05) is 26.2 Å². The van der Waals surface area contributed by atoms with Crippen molar-refractivity contribution in [3.8, 4) is 5.75 Å². The third-order valence-corrected chi connectivity index (χ3v) is 9.31. The van der Waals surface area contributed by atoms with Crippen LogP contribution in [-0.4, -0.2) is 32.5 Å². The fourth-order valence-corrected chi connectivity index (χ4v) is 6.87. The van der Waals surface area contributed by atoms with Gasteiger partial charge < -0.3 is 14.4 Å². The summed E-state index contributed by atoms with van der Waals surface area (Å²) in [7, 11) is 5.31. The second kappa shape index (κ2) is 13.0. The Hall–Kier alpha value is -2.75. The summed E-state index contributed by atoms with van der Waals surface area (Å²) >= 11 is 7.05. The van der Waals surface area contributed by atoms with Crippen molar-refractivity contribution in [1.82, 2.24) is 0 Å². The SMILES string of the molecule is CC.CO.Cc1ccc2c(c1)C(C)(C)/C(=C/C=C1\CCCC(/C=C/C3[O+](C)c4ccc(C)cc4C3(C)C)=C1Cl)N2C. The zero-order valence-electron chi connectivity index (χ0n) is 27.2. The molecule has 3 nitrogen and oxygen atoms in total. The molecule has 1 aliphatic carbocycles. The van der Waals surface area contributed by atoms with E-state index in [1.165, 1.54) is 50.5 Å². The summed E-state index contributed by atoms with van der Waals surface area (Å²) in [6.45, 7) is 17.7. The first kappa shape index (κ1) is 32.8. The summed E-state index contributed by atoms with van der Waals surface area (Å²) in [4.78, 5) is 2.34. The van der Waals surface area contributed by atoms with Gasteiger partial charge in [0, 0.05) is 48.1 Å². The number of aryl methyl sites for hydroxylation is 2.